The Kier molecular flexibility index (Phi) is 6.01. The number of amides is 1. The van der Waals surface area contributed by atoms with E-state index in [-0.39, 0.29) is 0 Å². The molecule has 114 valence electrons. The molecule has 1 saturated heterocycles. The van der Waals surface area contributed by atoms with Gasteiger partial charge in [0.2, 0.25) is 0 Å². The normalized spacial score (nSPS) is 18.6. The molecule has 0 aromatic heterocycles. The van der Waals surface area contributed by atoms with Gasteiger partial charge in [0, 0.05) is 19.2 Å². The lowest BCUT2D eigenvalue weighted by molar-refractivity contribution is -0.137. The molecule has 20 heavy (non-hydrogen) atoms. The zero-order chi connectivity index (χ0) is 15.2. The van der Waals surface area contributed by atoms with Crippen molar-refractivity contribution in [3.63, 3.8) is 0 Å². The lowest BCUT2D eigenvalue weighted by Gasteiger charge is -2.26. The number of carbonyl (C=O) groups is 2. The first-order valence-corrected chi connectivity index (χ1v) is 6.73. The first kappa shape index (κ1) is 16.5. The maximum atomic E-state index is 12.0. The fraction of sp³-hybridized carbons (Fsp3) is 0.714. The molecule has 6 heteroatoms. The molecule has 0 spiro atoms. The van der Waals surface area contributed by atoms with E-state index in [1.807, 2.05) is 20.8 Å². The van der Waals surface area contributed by atoms with Crippen LogP contribution in [0.3, 0.4) is 0 Å². The number of carbonyl (C=O) groups excluding carboxylic acids is 2. The maximum Gasteiger partial charge on any atom is 0.410 e. The Balaban J connectivity index is 2.69. The minimum atomic E-state index is -0.546. The van der Waals surface area contributed by atoms with E-state index in [4.69, 9.17) is 14.2 Å². The van der Waals surface area contributed by atoms with Crippen LogP contribution in [0, 0.1) is 0 Å². The second kappa shape index (κ2) is 7.28. The maximum absolute atomic E-state index is 12.0. The van der Waals surface area contributed by atoms with Crippen LogP contribution in [0.25, 0.3) is 0 Å². The molecule has 0 radical (unpaired) electrons. The summed E-state index contributed by atoms with van der Waals surface area (Å²) in [5, 5.41) is 0. The predicted molar refractivity (Wildman–Crippen MR) is 73.3 cm³/mol. The van der Waals surface area contributed by atoms with Gasteiger partial charge in [-0.25, -0.2) is 9.59 Å². The van der Waals surface area contributed by atoms with Crippen molar-refractivity contribution in [1.82, 2.24) is 4.90 Å². The summed E-state index contributed by atoms with van der Waals surface area (Å²) in [5.41, 5.74) is 0.154. The minimum Gasteiger partial charge on any atom is -0.463 e. The van der Waals surface area contributed by atoms with Crippen LogP contribution in [0.1, 0.15) is 27.7 Å². The monoisotopic (exact) mass is 285 g/mol. The van der Waals surface area contributed by atoms with E-state index < -0.39 is 17.7 Å². The van der Waals surface area contributed by atoms with E-state index in [2.05, 4.69) is 0 Å². The van der Waals surface area contributed by atoms with Crippen molar-refractivity contribution in [2.24, 2.45) is 0 Å². The third-order valence-corrected chi connectivity index (χ3v) is 2.45. The van der Waals surface area contributed by atoms with Crippen molar-refractivity contribution < 1.29 is 23.8 Å². The predicted octanol–water partition coefficient (Wildman–Crippen LogP) is 1.74. The van der Waals surface area contributed by atoms with Crippen molar-refractivity contribution in [1.29, 1.82) is 0 Å². The molecule has 0 bridgehead atoms. The summed E-state index contributed by atoms with van der Waals surface area (Å²) >= 11 is 0. The van der Waals surface area contributed by atoms with Gasteiger partial charge in [0.15, 0.2) is 0 Å². The standard InChI is InChI=1S/C14H23NO5/c1-5-19-12(16)8-11-9-15(6-7-18-10-11)13(17)20-14(2,3)4/h8H,5-7,9-10H2,1-4H3/b11-8-. The van der Waals surface area contributed by atoms with Crippen LogP contribution in [0.15, 0.2) is 11.6 Å². The molecule has 0 unspecified atom stereocenters. The molecular formula is C14H23NO5. The number of nitrogens with zero attached hydrogens (tertiary/aromatic N) is 1. The Hall–Kier alpha value is -1.56. The highest BCUT2D eigenvalue weighted by Gasteiger charge is 2.24. The highest BCUT2D eigenvalue weighted by Crippen LogP contribution is 2.13. The van der Waals surface area contributed by atoms with Crippen LogP contribution in [0.5, 0.6) is 0 Å². The smallest absolute Gasteiger partial charge is 0.410 e. The van der Waals surface area contributed by atoms with Gasteiger partial charge >= 0.3 is 12.1 Å². The first-order chi connectivity index (χ1) is 9.31. The lowest BCUT2D eigenvalue weighted by atomic mass is 10.2. The third kappa shape index (κ3) is 6.06. The summed E-state index contributed by atoms with van der Waals surface area (Å²) < 4.78 is 15.5. The SMILES string of the molecule is CCOC(=O)/C=C1\COCCN(C(=O)OC(C)(C)C)C1. The Bertz CT molecular complexity index is 384. The lowest BCUT2D eigenvalue weighted by Crippen LogP contribution is -2.38. The average Bonchev–Trinajstić information content (AvgIpc) is 2.52. The fourth-order valence-corrected chi connectivity index (χ4v) is 1.67. The number of ether oxygens (including phenoxy) is 3. The highest BCUT2D eigenvalue weighted by molar-refractivity contribution is 5.83. The molecule has 0 saturated carbocycles. The van der Waals surface area contributed by atoms with Gasteiger partial charge in [-0.1, -0.05) is 0 Å². The van der Waals surface area contributed by atoms with Gasteiger partial charge in [0.1, 0.15) is 5.60 Å². The third-order valence-electron chi connectivity index (χ3n) is 2.45. The van der Waals surface area contributed by atoms with Gasteiger partial charge in [-0.3, -0.25) is 0 Å². The summed E-state index contributed by atoms with van der Waals surface area (Å²) in [5.74, 6) is -0.419. The van der Waals surface area contributed by atoms with Crippen molar-refractivity contribution in [3.8, 4) is 0 Å². The molecule has 1 aliphatic rings. The molecule has 6 nitrogen and oxygen atoms in total. The largest absolute Gasteiger partial charge is 0.463 e. The summed E-state index contributed by atoms with van der Waals surface area (Å²) in [7, 11) is 0. The van der Waals surface area contributed by atoms with Gasteiger partial charge in [-0.15, -0.1) is 0 Å². The van der Waals surface area contributed by atoms with Gasteiger partial charge in [0.05, 0.1) is 19.8 Å². The van der Waals surface area contributed by atoms with E-state index in [1.54, 1.807) is 6.92 Å². The van der Waals surface area contributed by atoms with Crippen LogP contribution in [0.2, 0.25) is 0 Å². The van der Waals surface area contributed by atoms with E-state index in [0.717, 1.165) is 0 Å². The number of rotatable bonds is 2. The number of hydrogen-bond donors (Lipinski definition) is 0. The molecule has 0 aromatic rings. The van der Waals surface area contributed by atoms with Crippen LogP contribution in [0.4, 0.5) is 4.79 Å². The van der Waals surface area contributed by atoms with Crippen molar-refractivity contribution in [2.45, 2.75) is 33.3 Å². The highest BCUT2D eigenvalue weighted by atomic mass is 16.6. The van der Waals surface area contributed by atoms with E-state index >= 15 is 0 Å². The molecular weight excluding hydrogens is 262 g/mol. The summed E-state index contributed by atoms with van der Waals surface area (Å²) in [4.78, 5) is 25.0. The Labute approximate surface area is 119 Å². The Morgan fingerprint density at radius 3 is 2.70 bits per heavy atom. The minimum absolute atomic E-state index is 0.313. The first-order valence-electron chi connectivity index (χ1n) is 6.73. The topological polar surface area (TPSA) is 65.1 Å². The molecule has 0 aliphatic carbocycles. The van der Waals surface area contributed by atoms with Crippen LogP contribution in [-0.4, -0.2) is 55.5 Å². The van der Waals surface area contributed by atoms with E-state index in [1.165, 1.54) is 11.0 Å². The molecule has 1 heterocycles. The zero-order valence-corrected chi connectivity index (χ0v) is 12.6. The molecule has 1 aliphatic heterocycles. The van der Waals surface area contributed by atoms with Gasteiger partial charge < -0.3 is 19.1 Å². The molecule has 1 amide bonds. The number of esters is 1. The second-order valence-corrected chi connectivity index (χ2v) is 5.51. The van der Waals surface area contributed by atoms with Gasteiger partial charge in [-0.2, -0.15) is 0 Å². The van der Waals surface area contributed by atoms with E-state index in [0.29, 0.717) is 38.5 Å². The van der Waals surface area contributed by atoms with Gasteiger partial charge in [0.25, 0.3) is 0 Å². The van der Waals surface area contributed by atoms with Crippen molar-refractivity contribution in [2.75, 3.05) is 32.9 Å². The molecule has 1 rings (SSSR count). The summed E-state index contributed by atoms with van der Waals surface area (Å²) in [6.45, 7) is 8.99. The summed E-state index contributed by atoms with van der Waals surface area (Å²) in [6, 6.07) is 0. The van der Waals surface area contributed by atoms with Crippen LogP contribution < -0.4 is 0 Å². The molecule has 1 fully saturated rings. The van der Waals surface area contributed by atoms with Gasteiger partial charge in [-0.05, 0) is 33.3 Å². The average molecular weight is 285 g/mol. The summed E-state index contributed by atoms with van der Waals surface area (Å²) in [6.07, 6.45) is 0.976. The quantitative estimate of drug-likeness (QED) is 0.571. The molecule has 0 N–H and O–H groups in total. The van der Waals surface area contributed by atoms with Crippen LogP contribution in [-0.2, 0) is 19.0 Å². The van der Waals surface area contributed by atoms with E-state index in [9.17, 15) is 9.59 Å². The van der Waals surface area contributed by atoms with Crippen molar-refractivity contribution in [3.05, 3.63) is 11.6 Å². The second-order valence-electron chi connectivity index (χ2n) is 5.51. The molecule has 0 aromatic carbocycles. The molecule has 0 atom stereocenters. The number of hydrogen-bond acceptors (Lipinski definition) is 5. The Morgan fingerprint density at radius 1 is 1.40 bits per heavy atom. The Morgan fingerprint density at radius 2 is 2.10 bits per heavy atom. The van der Waals surface area contributed by atoms with Crippen LogP contribution >= 0.6 is 0 Å². The zero-order valence-electron chi connectivity index (χ0n) is 12.6. The van der Waals surface area contributed by atoms with Crippen molar-refractivity contribution >= 4 is 12.1 Å². The fourth-order valence-electron chi connectivity index (χ4n) is 1.67.